The molecular formula is C21H30N2O4. The Morgan fingerprint density at radius 3 is 2.59 bits per heavy atom. The number of hydrogen-bond donors (Lipinski definition) is 2. The fourth-order valence-corrected chi connectivity index (χ4v) is 4.30. The lowest BCUT2D eigenvalue weighted by Crippen LogP contribution is -2.44. The molecule has 3 rings (SSSR count). The third-order valence-corrected chi connectivity index (χ3v) is 5.87. The Morgan fingerprint density at radius 2 is 1.96 bits per heavy atom. The molecule has 0 bridgehead atoms. The highest BCUT2D eigenvalue weighted by molar-refractivity contribution is 6.00. The number of hydrogen-bond acceptors (Lipinski definition) is 4. The summed E-state index contributed by atoms with van der Waals surface area (Å²) in [5.74, 6) is 0.730. The first-order valence-electron chi connectivity index (χ1n) is 9.98. The van der Waals surface area contributed by atoms with Crippen LogP contribution in [0, 0.1) is 11.8 Å². The number of anilines is 1. The predicted molar refractivity (Wildman–Crippen MR) is 104 cm³/mol. The van der Waals surface area contributed by atoms with Crippen molar-refractivity contribution in [3.63, 3.8) is 0 Å². The molecule has 1 aliphatic carbocycles. The number of benzene rings is 1. The largest absolute Gasteiger partial charge is 0.497 e. The molecule has 1 aromatic rings. The van der Waals surface area contributed by atoms with Gasteiger partial charge in [0.25, 0.3) is 0 Å². The molecule has 27 heavy (non-hydrogen) atoms. The molecule has 1 heterocycles. The SMILES string of the molecule is COc1ccc(N2C[C@@H](C(=O)N[C@@H](CCO)C3CCCCC3)CC2=O)cc1. The van der Waals surface area contributed by atoms with Gasteiger partial charge in [-0.3, -0.25) is 9.59 Å². The third kappa shape index (κ3) is 4.80. The van der Waals surface area contributed by atoms with Gasteiger partial charge < -0.3 is 20.1 Å². The lowest BCUT2D eigenvalue weighted by atomic mass is 9.82. The van der Waals surface area contributed by atoms with Crippen LogP contribution >= 0.6 is 0 Å². The van der Waals surface area contributed by atoms with Crippen LogP contribution in [0.2, 0.25) is 0 Å². The molecule has 148 valence electrons. The number of methoxy groups -OCH3 is 1. The van der Waals surface area contributed by atoms with Gasteiger partial charge in [-0.25, -0.2) is 0 Å². The molecule has 0 spiro atoms. The van der Waals surface area contributed by atoms with Crippen LogP contribution in [-0.4, -0.2) is 43.2 Å². The van der Waals surface area contributed by atoms with Crippen LogP contribution in [0.1, 0.15) is 44.9 Å². The van der Waals surface area contributed by atoms with Crippen molar-refractivity contribution in [1.29, 1.82) is 0 Å². The monoisotopic (exact) mass is 374 g/mol. The average Bonchev–Trinajstić information content (AvgIpc) is 3.10. The van der Waals surface area contributed by atoms with Crippen molar-refractivity contribution in [3.05, 3.63) is 24.3 Å². The summed E-state index contributed by atoms with van der Waals surface area (Å²) in [5.41, 5.74) is 0.787. The maximum Gasteiger partial charge on any atom is 0.227 e. The van der Waals surface area contributed by atoms with E-state index in [4.69, 9.17) is 4.74 Å². The number of amides is 2. The van der Waals surface area contributed by atoms with Gasteiger partial charge in [0.05, 0.1) is 13.0 Å². The number of ether oxygens (including phenoxy) is 1. The van der Waals surface area contributed by atoms with E-state index in [0.29, 0.717) is 18.9 Å². The van der Waals surface area contributed by atoms with Gasteiger partial charge in [-0.1, -0.05) is 19.3 Å². The highest BCUT2D eigenvalue weighted by Gasteiger charge is 2.36. The van der Waals surface area contributed by atoms with Crippen molar-refractivity contribution < 1.29 is 19.4 Å². The van der Waals surface area contributed by atoms with E-state index in [1.54, 1.807) is 12.0 Å². The van der Waals surface area contributed by atoms with Gasteiger partial charge in [0, 0.05) is 31.3 Å². The molecule has 2 fully saturated rings. The molecule has 1 saturated carbocycles. The summed E-state index contributed by atoms with van der Waals surface area (Å²) in [6.07, 6.45) is 6.65. The molecule has 1 aliphatic heterocycles. The first-order valence-corrected chi connectivity index (χ1v) is 9.98. The Morgan fingerprint density at radius 1 is 1.26 bits per heavy atom. The summed E-state index contributed by atoms with van der Waals surface area (Å²) in [5, 5.41) is 12.5. The number of carbonyl (C=O) groups excluding carboxylic acids is 2. The van der Waals surface area contributed by atoms with E-state index in [0.717, 1.165) is 24.3 Å². The van der Waals surface area contributed by atoms with Crippen molar-refractivity contribution in [2.24, 2.45) is 11.8 Å². The summed E-state index contributed by atoms with van der Waals surface area (Å²) < 4.78 is 5.15. The lowest BCUT2D eigenvalue weighted by molar-refractivity contribution is -0.127. The summed E-state index contributed by atoms with van der Waals surface area (Å²) in [4.78, 5) is 26.9. The van der Waals surface area contributed by atoms with Gasteiger partial charge in [0.1, 0.15) is 5.75 Å². The van der Waals surface area contributed by atoms with Crippen LogP contribution in [0.25, 0.3) is 0 Å². The lowest BCUT2D eigenvalue weighted by Gasteiger charge is -2.31. The van der Waals surface area contributed by atoms with Crippen LogP contribution in [0.5, 0.6) is 5.75 Å². The molecule has 2 N–H and O–H groups in total. The second-order valence-corrected chi connectivity index (χ2v) is 7.63. The standard InChI is InChI=1S/C21H30N2O4/c1-27-18-9-7-17(8-10-18)23-14-16(13-20(23)25)21(26)22-19(11-12-24)15-5-3-2-4-6-15/h7-10,15-16,19,24H,2-6,11-14H2,1H3,(H,22,26)/t16-,19-/m0/s1. The Balaban J connectivity index is 1.61. The number of nitrogens with one attached hydrogen (secondary N) is 1. The number of carbonyl (C=O) groups is 2. The van der Waals surface area contributed by atoms with Gasteiger partial charge in [-0.2, -0.15) is 0 Å². The first-order chi connectivity index (χ1) is 13.1. The molecule has 6 heteroatoms. The number of rotatable bonds is 7. The second-order valence-electron chi connectivity index (χ2n) is 7.63. The van der Waals surface area contributed by atoms with Gasteiger partial charge in [0.2, 0.25) is 11.8 Å². The Labute approximate surface area is 160 Å². The minimum absolute atomic E-state index is 0.00735. The Bertz CT molecular complexity index is 640. The molecule has 1 aromatic carbocycles. The Kier molecular flexibility index (Phi) is 6.72. The van der Waals surface area contributed by atoms with Gasteiger partial charge >= 0.3 is 0 Å². The zero-order valence-corrected chi connectivity index (χ0v) is 16.0. The summed E-state index contributed by atoms with van der Waals surface area (Å²) in [7, 11) is 1.60. The van der Waals surface area contributed by atoms with E-state index < -0.39 is 0 Å². The van der Waals surface area contributed by atoms with Crippen molar-refractivity contribution in [2.75, 3.05) is 25.2 Å². The fraction of sp³-hybridized carbons (Fsp3) is 0.619. The maximum absolute atomic E-state index is 12.8. The van der Waals surface area contributed by atoms with E-state index in [9.17, 15) is 14.7 Å². The Hall–Kier alpha value is -2.08. The van der Waals surface area contributed by atoms with E-state index in [1.807, 2.05) is 24.3 Å². The van der Waals surface area contributed by atoms with E-state index in [2.05, 4.69) is 5.32 Å². The highest BCUT2D eigenvalue weighted by Crippen LogP contribution is 2.30. The molecule has 2 atom stereocenters. The molecule has 2 aliphatic rings. The summed E-state index contributed by atoms with van der Waals surface area (Å²) >= 11 is 0. The number of aliphatic hydroxyl groups excluding tert-OH is 1. The zero-order chi connectivity index (χ0) is 19.2. The van der Waals surface area contributed by atoms with Crippen LogP contribution in [0.4, 0.5) is 5.69 Å². The molecule has 2 amide bonds. The molecule has 0 aromatic heterocycles. The third-order valence-electron chi connectivity index (χ3n) is 5.87. The van der Waals surface area contributed by atoms with Crippen molar-refractivity contribution in [1.82, 2.24) is 5.32 Å². The number of nitrogens with zero attached hydrogens (tertiary/aromatic N) is 1. The molecule has 6 nitrogen and oxygen atoms in total. The number of aliphatic hydroxyl groups is 1. The normalized spacial score (nSPS) is 21.9. The minimum Gasteiger partial charge on any atom is -0.497 e. The van der Waals surface area contributed by atoms with Gasteiger partial charge in [0.15, 0.2) is 0 Å². The maximum atomic E-state index is 12.8. The fourth-order valence-electron chi connectivity index (χ4n) is 4.30. The van der Waals surface area contributed by atoms with E-state index >= 15 is 0 Å². The van der Waals surface area contributed by atoms with Gasteiger partial charge in [-0.15, -0.1) is 0 Å². The van der Waals surface area contributed by atoms with Gasteiger partial charge in [-0.05, 0) is 49.4 Å². The van der Waals surface area contributed by atoms with Crippen LogP contribution in [0.3, 0.4) is 0 Å². The zero-order valence-electron chi connectivity index (χ0n) is 16.0. The molecule has 1 saturated heterocycles. The quantitative estimate of drug-likeness (QED) is 0.769. The van der Waals surface area contributed by atoms with Crippen molar-refractivity contribution in [3.8, 4) is 5.75 Å². The van der Waals surface area contributed by atoms with Crippen molar-refractivity contribution in [2.45, 2.75) is 51.0 Å². The molecular weight excluding hydrogens is 344 g/mol. The van der Waals surface area contributed by atoms with Crippen LogP contribution in [0.15, 0.2) is 24.3 Å². The van der Waals surface area contributed by atoms with Crippen molar-refractivity contribution >= 4 is 17.5 Å². The highest BCUT2D eigenvalue weighted by atomic mass is 16.5. The predicted octanol–water partition coefficient (Wildman–Crippen LogP) is 2.50. The topological polar surface area (TPSA) is 78.9 Å². The summed E-state index contributed by atoms with van der Waals surface area (Å²) in [6, 6.07) is 7.32. The minimum atomic E-state index is -0.343. The second kappa shape index (κ2) is 9.22. The van der Waals surface area contributed by atoms with Crippen LogP contribution < -0.4 is 15.0 Å². The van der Waals surface area contributed by atoms with E-state index in [1.165, 1.54) is 19.3 Å². The molecule has 0 radical (unpaired) electrons. The van der Waals surface area contributed by atoms with Crippen LogP contribution in [-0.2, 0) is 9.59 Å². The summed E-state index contributed by atoms with van der Waals surface area (Å²) in [6.45, 7) is 0.469. The average molecular weight is 374 g/mol. The smallest absolute Gasteiger partial charge is 0.227 e. The first kappa shape index (κ1) is 19.7. The molecule has 0 unspecified atom stereocenters. The van der Waals surface area contributed by atoms with E-state index in [-0.39, 0.29) is 36.8 Å².